The van der Waals surface area contributed by atoms with Gasteiger partial charge >= 0.3 is 18.0 Å². The second-order valence-corrected chi connectivity index (χ2v) is 5.89. The summed E-state index contributed by atoms with van der Waals surface area (Å²) in [5, 5.41) is 24.5. The molecule has 9 heteroatoms. The average Bonchev–Trinajstić information content (AvgIpc) is 2.37. The molecule has 22 heavy (non-hydrogen) atoms. The highest BCUT2D eigenvalue weighted by Gasteiger charge is 2.31. The predicted octanol–water partition coefficient (Wildman–Crippen LogP) is -0.281. The van der Waals surface area contributed by atoms with Crippen LogP contribution in [0, 0.1) is 5.92 Å². The molecule has 2 unspecified atom stereocenters. The number of ether oxygens (including phenoxy) is 1. The molecule has 1 amide bonds. The molecular formula is C13H24N2O7. The van der Waals surface area contributed by atoms with Crippen molar-refractivity contribution >= 4 is 18.0 Å². The van der Waals surface area contributed by atoms with Gasteiger partial charge in [0, 0.05) is 12.5 Å². The molecule has 1 heterocycles. The van der Waals surface area contributed by atoms with Crippen molar-refractivity contribution in [3.05, 3.63) is 0 Å². The zero-order valence-electron chi connectivity index (χ0n) is 13.0. The summed E-state index contributed by atoms with van der Waals surface area (Å²) >= 11 is 0. The number of hydrogen-bond acceptors (Lipinski definition) is 6. The zero-order valence-corrected chi connectivity index (χ0v) is 13.0. The van der Waals surface area contributed by atoms with E-state index in [4.69, 9.17) is 30.3 Å². The van der Waals surface area contributed by atoms with Gasteiger partial charge in [0.1, 0.15) is 5.60 Å². The fraction of sp³-hybridized carbons (Fsp3) is 0.769. The van der Waals surface area contributed by atoms with Crippen LogP contribution in [0.3, 0.4) is 0 Å². The van der Waals surface area contributed by atoms with E-state index in [0.29, 0.717) is 19.6 Å². The van der Waals surface area contributed by atoms with Gasteiger partial charge in [-0.3, -0.25) is 0 Å². The molecule has 1 fully saturated rings. The van der Waals surface area contributed by atoms with E-state index >= 15 is 0 Å². The van der Waals surface area contributed by atoms with Crippen molar-refractivity contribution < 1.29 is 34.4 Å². The van der Waals surface area contributed by atoms with Crippen molar-refractivity contribution in [3.63, 3.8) is 0 Å². The number of hydrogen-bond donors (Lipinski definition) is 4. The van der Waals surface area contributed by atoms with Crippen LogP contribution in [0.5, 0.6) is 0 Å². The van der Waals surface area contributed by atoms with E-state index in [9.17, 15) is 9.90 Å². The number of aliphatic hydroxyl groups is 1. The average molecular weight is 320 g/mol. The summed E-state index contributed by atoms with van der Waals surface area (Å²) in [5.74, 6) is -3.55. The number of amides is 1. The molecular weight excluding hydrogens is 296 g/mol. The van der Waals surface area contributed by atoms with Crippen molar-refractivity contribution in [3.8, 4) is 0 Å². The lowest BCUT2D eigenvalue weighted by molar-refractivity contribution is -0.159. The molecule has 0 aromatic heterocycles. The van der Waals surface area contributed by atoms with Crippen LogP contribution in [0.1, 0.15) is 27.2 Å². The van der Waals surface area contributed by atoms with Crippen molar-refractivity contribution in [2.24, 2.45) is 11.7 Å². The van der Waals surface area contributed by atoms with Crippen LogP contribution in [-0.2, 0) is 14.3 Å². The molecule has 0 saturated carbocycles. The molecule has 0 spiro atoms. The lowest BCUT2D eigenvalue weighted by atomic mass is 9.94. The molecule has 0 radical (unpaired) electrons. The Morgan fingerprint density at radius 3 is 2.05 bits per heavy atom. The molecule has 2 atom stereocenters. The third-order valence-corrected chi connectivity index (χ3v) is 2.86. The lowest BCUT2D eigenvalue weighted by Crippen LogP contribution is -2.49. The summed E-state index contributed by atoms with van der Waals surface area (Å²) in [4.78, 5) is 31.5. The molecule has 0 aliphatic carbocycles. The summed E-state index contributed by atoms with van der Waals surface area (Å²) in [6.07, 6.45) is -0.162. The third kappa shape index (κ3) is 7.79. The Bertz CT molecular complexity index is 394. The topological polar surface area (TPSA) is 150 Å². The standard InChI is InChI=1S/C11H22N2O3.C2H2O4/c1-11(2,3)16-10(15)13-5-4-8(6-12)9(14)7-13;3-1(4)2(5)6/h8-9,14H,4-7,12H2,1-3H3;(H,3,4)(H,5,6). The van der Waals surface area contributed by atoms with Crippen LogP contribution >= 0.6 is 0 Å². The molecule has 128 valence electrons. The van der Waals surface area contributed by atoms with Crippen LogP contribution in [-0.4, -0.2) is 69.6 Å². The number of rotatable bonds is 1. The number of nitrogens with two attached hydrogens (primary N) is 1. The molecule has 9 nitrogen and oxygen atoms in total. The van der Waals surface area contributed by atoms with Crippen LogP contribution in [0.15, 0.2) is 0 Å². The predicted molar refractivity (Wildman–Crippen MR) is 76.2 cm³/mol. The number of likely N-dealkylation sites (tertiary alicyclic amines) is 1. The number of aliphatic hydroxyl groups excluding tert-OH is 1. The zero-order chi connectivity index (χ0) is 17.5. The van der Waals surface area contributed by atoms with Gasteiger partial charge < -0.3 is 30.7 Å². The highest BCUT2D eigenvalue weighted by molar-refractivity contribution is 6.27. The first-order valence-corrected chi connectivity index (χ1v) is 6.80. The van der Waals surface area contributed by atoms with Gasteiger partial charge in [0.2, 0.25) is 0 Å². The Kier molecular flexibility index (Phi) is 7.82. The Balaban J connectivity index is 0.000000626. The van der Waals surface area contributed by atoms with E-state index in [1.54, 1.807) is 4.90 Å². The number of β-amino-alcohol motifs (C(OH)–C–C–N with tert-alkyl or cyclic N) is 1. The van der Waals surface area contributed by atoms with Gasteiger partial charge in [-0.2, -0.15) is 0 Å². The molecule has 0 aromatic rings. The van der Waals surface area contributed by atoms with Crippen molar-refractivity contribution in [1.82, 2.24) is 4.90 Å². The van der Waals surface area contributed by atoms with Gasteiger partial charge in [-0.1, -0.05) is 0 Å². The van der Waals surface area contributed by atoms with Crippen LogP contribution in [0.4, 0.5) is 4.79 Å². The van der Waals surface area contributed by atoms with Gasteiger partial charge in [0.25, 0.3) is 0 Å². The van der Waals surface area contributed by atoms with Crippen molar-refractivity contribution in [1.29, 1.82) is 0 Å². The fourth-order valence-electron chi connectivity index (χ4n) is 1.75. The van der Waals surface area contributed by atoms with Crippen LogP contribution in [0.25, 0.3) is 0 Å². The minimum atomic E-state index is -1.82. The molecule has 1 rings (SSSR count). The van der Waals surface area contributed by atoms with E-state index in [0.717, 1.165) is 6.42 Å². The molecule has 0 aromatic carbocycles. The first-order valence-electron chi connectivity index (χ1n) is 6.80. The number of nitrogens with zero attached hydrogens (tertiary/aromatic N) is 1. The molecule has 1 saturated heterocycles. The summed E-state index contributed by atoms with van der Waals surface area (Å²) < 4.78 is 5.24. The monoisotopic (exact) mass is 320 g/mol. The van der Waals surface area contributed by atoms with E-state index < -0.39 is 23.6 Å². The van der Waals surface area contributed by atoms with Gasteiger partial charge in [-0.15, -0.1) is 0 Å². The number of aliphatic carboxylic acids is 2. The Labute approximate surface area is 128 Å². The van der Waals surface area contributed by atoms with Gasteiger partial charge in [0.15, 0.2) is 0 Å². The maximum atomic E-state index is 11.7. The van der Waals surface area contributed by atoms with E-state index in [2.05, 4.69) is 0 Å². The van der Waals surface area contributed by atoms with Crippen LogP contribution < -0.4 is 5.73 Å². The summed E-state index contributed by atoms with van der Waals surface area (Å²) in [5.41, 5.74) is 5.03. The SMILES string of the molecule is CC(C)(C)OC(=O)N1CCC(CN)C(O)C1.O=C(O)C(=O)O. The van der Waals surface area contributed by atoms with Crippen molar-refractivity contribution in [2.45, 2.75) is 38.9 Å². The van der Waals surface area contributed by atoms with E-state index in [-0.39, 0.29) is 12.0 Å². The number of carbonyl (C=O) groups is 3. The molecule has 0 bridgehead atoms. The highest BCUT2D eigenvalue weighted by Crippen LogP contribution is 2.19. The second kappa shape index (κ2) is 8.54. The van der Waals surface area contributed by atoms with Gasteiger partial charge in [0.05, 0.1) is 12.6 Å². The minimum Gasteiger partial charge on any atom is -0.473 e. The number of carboxylic acid groups (broad SMARTS) is 2. The summed E-state index contributed by atoms with van der Waals surface area (Å²) in [7, 11) is 0. The number of piperidine rings is 1. The lowest BCUT2D eigenvalue weighted by Gasteiger charge is -2.36. The molecule has 1 aliphatic rings. The van der Waals surface area contributed by atoms with Crippen molar-refractivity contribution in [2.75, 3.05) is 19.6 Å². The minimum absolute atomic E-state index is 0.0960. The molecule has 1 aliphatic heterocycles. The smallest absolute Gasteiger partial charge is 0.414 e. The maximum absolute atomic E-state index is 11.7. The number of carbonyl (C=O) groups excluding carboxylic acids is 1. The second-order valence-electron chi connectivity index (χ2n) is 5.89. The first kappa shape index (κ1) is 20.1. The Morgan fingerprint density at radius 1 is 1.23 bits per heavy atom. The normalized spacial score (nSPS) is 21.4. The fourth-order valence-corrected chi connectivity index (χ4v) is 1.75. The van der Waals surface area contributed by atoms with Gasteiger partial charge in [-0.25, -0.2) is 14.4 Å². The first-order chi connectivity index (χ1) is 9.97. The highest BCUT2D eigenvalue weighted by atomic mass is 16.6. The number of carboxylic acids is 2. The van der Waals surface area contributed by atoms with Gasteiger partial charge in [-0.05, 0) is 33.7 Å². The summed E-state index contributed by atoms with van der Waals surface area (Å²) in [6.45, 7) is 6.86. The molecule has 5 N–H and O–H groups in total. The third-order valence-electron chi connectivity index (χ3n) is 2.86. The summed E-state index contributed by atoms with van der Waals surface area (Å²) in [6, 6.07) is 0. The maximum Gasteiger partial charge on any atom is 0.414 e. The Hall–Kier alpha value is -1.87. The Morgan fingerprint density at radius 2 is 1.73 bits per heavy atom. The quantitative estimate of drug-likeness (QED) is 0.482. The van der Waals surface area contributed by atoms with E-state index in [1.807, 2.05) is 20.8 Å². The largest absolute Gasteiger partial charge is 0.473 e. The van der Waals surface area contributed by atoms with E-state index in [1.165, 1.54) is 0 Å². The van der Waals surface area contributed by atoms with Crippen LogP contribution in [0.2, 0.25) is 0 Å².